The summed E-state index contributed by atoms with van der Waals surface area (Å²) < 4.78 is 27.4. The molecule has 2 amide bonds. The lowest BCUT2D eigenvalue weighted by Crippen LogP contribution is -2.43. The van der Waals surface area contributed by atoms with Gasteiger partial charge < -0.3 is 10.2 Å². The molecule has 178 valence electrons. The maximum absolute atomic E-state index is 13.0. The minimum atomic E-state index is -3.65. The first-order chi connectivity index (χ1) is 15.7. The highest BCUT2D eigenvalue weighted by Gasteiger charge is 2.30. The Morgan fingerprint density at radius 2 is 1.79 bits per heavy atom. The monoisotopic (exact) mass is 491 g/mol. The second kappa shape index (κ2) is 10.7. The van der Waals surface area contributed by atoms with Crippen LogP contribution in [0.3, 0.4) is 0 Å². The normalized spacial score (nSPS) is 16.6. The number of halogens is 1. The smallest absolute Gasteiger partial charge is 0.253 e. The number of likely N-dealkylation sites (tertiary alicyclic amines) is 1. The van der Waals surface area contributed by atoms with E-state index in [2.05, 4.69) is 5.32 Å². The highest BCUT2D eigenvalue weighted by atomic mass is 35.5. The SMILES string of the molecule is CCN(CC)S(=O)(=O)c1cc(NC(=O)C2CCCN(C(=O)c3ccc(Cl)cc3)C2)ccc1C. The van der Waals surface area contributed by atoms with Gasteiger partial charge >= 0.3 is 0 Å². The summed E-state index contributed by atoms with van der Waals surface area (Å²) >= 11 is 5.91. The van der Waals surface area contributed by atoms with Crippen LogP contribution in [0.4, 0.5) is 5.69 Å². The lowest BCUT2D eigenvalue weighted by Gasteiger charge is -2.32. The fourth-order valence-corrected chi connectivity index (χ4v) is 5.89. The van der Waals surface area contributed by atoms with Crippen molar-refractivity contribution in [3.05, 3.63) is 58.6 Å². The van der Waals surface area contributed by atoms with Crippen LogP contribution in [0.1, 0.15) is 42.6 Å². The first-order valence-corrected chi connectivity index (χ1v) is 13.0. The summed E-state index contributed by atoms with van der Waals surface area (Å²) in [6.07, 6.45) is 1.37. The van der Waals surface area contributed by atoms with E-state index in [1.165, 1.54) is 10.4 Å². The van der Waals surface area contributed by atoms with Gasteiger partial charge in [-0.1, -0.05) is 31.5 Å². The predicted octanol–water partition coefficient (Wildman–Crippen LogP) is 4.17. The van der Waals surface area contributed by atoms with E-state index in [0.29, 0.717) is 60.9 Å². The molecule has 1 unspecified atom stereocenters. The van der Waals surface area contributed by atoms with Gasteiger partial charge in [0.05, 0.1) is 10.8 Å². The Morgan fingerprint density at radius 1 is 1.12 bits per heavy atom. The van der Waals surface area contributed by atoms with E-state index in [0.717, 1.165) is 0 Å². The van der Waals surface area contributed by atoms with E-state index in [9.17, 15) is 18.0 Å². The van der Waals surface area contributed by atoms with Crippen molar-refractivity contribution in [1.29, 1.82) is 0 Å². The molecule has 0 aliphatic carbocycles. The molecule has 1 saturated heterocycles. The molecule has 9 heteroatoms. The number of aryl methyl sites for hydroxylation is 1. The summed E-state index contributed by atoms with van der Waals surface area (Å²) in [7, 11) is -3.65. The quantitative estimate of drug-likeness (QED) is 0.629. The second-order valence-corrected chi connectivity index (χ2v) is 10.5. The molecule has 1 heterocycles. The van der Waals surface area contributed by atoms with Crippen LogP contribution in [0.5, 0.6) is 0 Å². The van der Waals surface area contributed by atoms with Crippen LogP contribution in [0, 0.1) is 12.8 Å². The number of anilines is 1. The van der Waals surface area contributed by atoms with Gasteiger partial charge in [0.1, 0.15) is 0 Å². The van der Waals surface area contributed by atoms with Crippen LogP contribution in [0.25, 0.3) is 0 Å². The van der Waals surface area contributed by atoms with E-state index in [-0.39, 0.29) is 22.6 Å². The van der Waals surface area contributed by atoms with Gasteiger partial charge in [-0.25, -0.2) is 8.42 Å². The summed E-state index contributed by atoms with van der Waals surface area (Å²) in [5, 5.41) is 3.41. The van der Waals surface area contributed by atoms with Crippen LogP contribution in [0.15, 0.2) is 47.4 Å². The molecule has 2 aromatic rings. The predicted molar refractivity (Wildman–Crippen MR) is 130 cm³/mol. The molecular formula is C24H30ClN3O4S. The van der Waals surface area contributed by atoms with Crippen molar-refractivity contribution in [3.63, 3.8) is 0 Å². The number of amides is 2. The topological polar surface area (TPSA) is 86.8 Å². The number of nitrogens with zero attached hydrogens (tertiary/aromatic N) is 2. The van der Waals surface area contributed by atoms with Gasteiger partial charge in [-0.15, -0.1) is 0 Å². The standard InChI is InChI=1S/C24H30ClN3O4S/c1-4-28(5-2)33(31,32)22-15-21(13-8-17(22)3)26-23(29)19-7-6-14-27(16-19)24(30)18-9-11-20(25)12-10-18/h8-13,15,19H,4-7,14,16H2,1-3H3,(H,26,29). The lowest BCUT2D eigenvalue weighted by atomic mass is 9.96. The zero-order valence-electron chi connectivity index (χ0n) is 19.2. The summed E-state index contributed by atoms with van der Waals surface area (Å²) in [5.41, 5.74) is 1.58. The Hall–Kier alpha value is -2.42. The molecule has 0 saturated carbocycles. The molecule has 7 nitrogen and oxygen atoms in total. The molecule has 2 aromatic carbocycles. The Balaban J connectivity index is 1.73. The molecule has 1 aliphatic rings. The number of piperidine rings is 1. The summed E-state index contributed by atoms with van der Waals surface area (Å²) in [6.45, 7) is 6.96. The lowest BCUT2D eigenvalue weighted by molar-refractivity contribution is -0.121. The Morgan fingerprint density at radius 3 is 2.42 bits per heavy atom. The molecule has 0 radical (unpaired) electrons. The third-order valence-electron chi connectivity index (χ3n) is 5.95. The van der Waals surface area contributed by atoms with Crippen LogP contribution in [-0.2, 0) is 14.8 Å². The number of carbonyl (C=O) groups excluding carboxylic acids is 2. The van der Waals surface area contributed by atoms with E-state index in [1.807, 2.05) is 0 Å². The van der Waals surface area contributed by atoms with Crippen molar-refractivity contribution in [3.8, 4) is 0 Å². The molecule has 0 aromatic heterocycles. The van der Waals surface area contributed by atoms with Crippen LogP contribution in [-0.4, -0.2) is 55.6 Å². The Kier molecular flexibility index (Phi) is 8.15. The zero-order chi connectivity index (χ0) is 24.2. The van der Waals surface area contributed by atoms with E-state index in [1.54, 1.807) is 62.1 Å². The molecule has 1 aliphatic heterocycles. The number of hydrogen-bond donors (Lipinski definition) is 1. The van der Waals surface area contributed by atoms with Gasteiger partial charge in [0.2, 0.25) is 15.9 Å². The van der Waals surface area contributed by atoms with E-state index < -0.39 is 10.0 Å². The number of sulfonamides is 1. The number of carbonyl (C=O) groups is 2. The van der Waals surface area contributed by atoms with Gasteiger partial charge in [-0.2, -0.15) is 4.31 Å². The summed E-state index contributed by atoms with van der Waals surface area (Å²) in [6, 6.07) is 11.6. The zero-order valence-corrected chi connectivity index (χ0v) is 20.7. The van der Waals surface area contributed by atoms with E-state index >= 15 is 0 Å². The van der Waals surface area contributed by atoms with Gasteiger partial charge in [-0.05, 0) is 61.7 Å². The number of hydrogen-bond acceptors (Lipinski definition) is 4. The largest absolute Gasteiger partial charge is 0.338 e. The average Bonchev–Trinajstić information content (AvgIpc) is 2.81. The minimum absolute atomic E-state index is 0.132. The number of nitrogens with one attached hydrogen (secondary N) is 1. The molecule has 0 bridgehead atoms. The number of benzene rings is 2. The fourth-order valence-electron chi connectivity index (χ4n) is 4.05. The highest BCUT2D eigenvalue weighted by molar-refractivity contribution is 7.89. The fraction of sp³-hybridized carbons (Fsp3) is 0.417. The van der Waals surface area contributed by atoms with Crippen molar-refractivity contribution >= 4 is 39.1 Å². The third kappa shape index (κ3) is 5.75. The minimum Gasteiger partial charge on any atom is -0.338 e. The van der Waals surface area contributed by atoms with Crippen molar-refractivity contribution in [1.82, 2.24) is 9.21 Å². The first kappa shape index (κ1) is 25.2. The van der Waals surface area contributed by atoms with Crippen molar-refractivity contribution in [2.24, 2.45) is 5.92 Å². The molecule has 0 spiro atoms. The van der Waals surface area contributed by atoms with Gasteiger partial charge in [0.25, 0.3) is 5.91 Å². The van der Waals surface area contributed by atoms with Gasteiger partial charge in [0.15, 0.2) is 0 Å². The maximum Gasteiger partial charge on any atom is 0.253 e. The first-order valence-electron chi connectivity index (χ1n) is 11.1. The molecule has 3 rings (SSSR count). The average molecular weight is 492 g/mol. The summed E-state index contributed by atoms with van der Waals surface area (Å²) in [4.78, 5) is 27.7. The van der Waals surface area contributed by atoms with Gasteiger partial charge in [-0.3, -0.25) is 9.59 Å². The van der Waals surface area contributed by atoms with Gasteiger partial charge in [0, 0.05) is 42.5 Å². The maximum atomic E-state index is 13.0. The number of rotatable bonds is 7. The molecule has 1 atom stereocenters. The van der Waals surface area contributed by atoms with Crippen molar-refractivity contribution in [2.45, 2.75) is 38.5 Å². The Bertz CT molecular complexity index is 1120. The summed E-state index contributed by atoms with van der Waals surface area (Å²) in [5.74, 6) is -0.732. The second-order valence-electron chi connectivity index (χ2n) is 8.16. The molecule has 1 fully saturated rings. The van der Waals surface area contributed by atoms with Crippen LogP contribution in [0.2, 0.25) is 5.02 Å². The van der Waals surface area contributed by atoms with Crippen molar-refractivity contribution in [2.75, 3.05) is 31.5 Å². The van der Waals surface area contributed by atoms with Crippen LogP contribution < -0.4 is 5.32 Å². The molecule has 1 N–H and O–H groups in total. The van der Waals surface area contributed by atoms with Crippen LogP contribution >= 0.6 is 11.6 Å². The third-order valence-corrected chi connectivity index (χ3v) is 8.39. The van der Waals surface area contributed by atoms with Crippen molar-refractivity contribution < 1.29 is 18.0 Å². The Labute approximate surface area is 200 Å². The molecular weight excluding hydrogens is 462 g/mol. The highest BCUT2D eigenvalue weighted by Crippen LogP contribution is 2.25. The molecule has 33 heavy (non-hydrogen) atoms. The van der Waals surface area contributed by atoms with E-state index in [4.69, 9.17) is 11.6 Å².